The second-order valence-corrected chi connectivity index (χ2v) is 5.26. The van der Waals surface area contributed by atoms with Gasteiger partial charge in [-0.25, -0.2) is 4.39 Å². The zero-order chi connectivity index (χ0) is 16.1. The summed E-state index contributed by atoms with van der Waals surface area (Å²) in [6, 6.07) is 5.37. The lowest BCUT2D eigenvalue weighted by molar-refractivity contribution is -0.117. The van der Waals surface area contributed by atoms with Crippen LogP contribution in [0.4, 0.5) is 10.1 Å². The molecule has 1 atom stereocenters. The summed E-state index contributed by atoms with van der Waals surface area (Å²) in [5.41, 5.74) is 0.367. The standard InChI is InChI=1S/C16H18FN3O2/c1-2-4-11(10-18)19-16(22)13-9-12(6-7-14(13)17)20-8-3-5-15(20)21/h6-7,9,11H,2-5,8H2,1H3,(H,19,22)/t11-/m0/s1. The van der Waals surface area contributed by atoms with Gasteiger partial charge in [0.15, 0.2) is 0 Å². The van der Waals surface area contributed by atoms with Crippen molar-refractivity contribution in [2.75, 3.05) is 11.4 Å². The average Bonchev–Trinajstić information content (AvgIpc) is 2.93. The van der Waals surface area contributed by atoms with Crippen LogP contribution in [0, 0.1) is 17.1 Å². The minimum Gasteiger partial charge on any atom is -0.336 e. The van der Waals surface area contributed by atoms with Crippen molar-refractivity contribution in [3.05, 3.63) is 29.6 Å². The number of hydrogen-bond donors (Lipinski definition) is 1. The van der Waals surface area contributed by atoms with Gasteiger partial charge in [-0.15, -0.1) is 0 Å². The molecule has 116 valence electrons. The summed E-state index contributed by atoms with van der Waals surface area (Å²) < 4.78 is 13.9. The van der Waals surface area contributed by atoms with Crippen LogP contribution in [-0.2, 0) is 4.79 Å². The summed E-state index contributed by atoms with van der Waals surface area (Å²) in [7, 11) is 0. The minimum atomic E-state index is -0.666. The van der Waals surface area contributed by atoms with Crippen molar-refractivity contribution >= 4 is 17.5 Å². The second-order valence-electron chi connectivity index (χ2n) is 5.26. The van der Waals surface area contributed by atoms with Crippen molar-refractivity contribution in [2.24, 2.45) is 0 Å². The molecule has 0 bridgehead atoms. The monoisotopic (exact) mass is 303 g/mol. The van der Waals surface area contributed by atoms with Gasteiger partial charge in [0.1, 0.15) is 11.9 Å². The van der Waals surface area contributed by atoms with Gasteiger partial charge < -0.3 is 10.2 Å². The quantitative estimate of drug-likeness (QED) is 0.907. The first-order chi connectivity index (χ1) is 10.6. The Morgan fingerprint density at radius 1 is 1.55 bits per heavy atom. The van der Waals surface area contributed by atoms with Gasteiger partial charge in [-0.2, -0.15) is 5.26 Å². The highest BCUT2D eigenvalue weighted by Crippen LogP contribution is 2.24. The molecule has 0 aliphatic carbocycles. The molecule has 0 radical (unpaired) electrons. The summed E-state index contributed by atoms with van der Waals surface area (Å²) >= 11 is 0. The van der Waals surface area contributed by atoms with Crippen LogP contribution in [0.3, 0.4) is 0 Å². The van der Waals surface area contributed by atoms with Crippen molar-refractivity contribution < 1.29 is 14.0 Å². The van der Waals surface area contributed by atoms with Gasteiger partial charge in [0.05, 0.1) is 11.6 Å². The van der Waals surface area contributed by atoms with Crippen LogP contribution in [0.1, 0.15) is 43.0 Å². The zero-order valence-electron chi connectivity index (χ0n) is 12.4. The van der Waals surface area contributed by atoms with Crippen molar-refractivity contribution in [2.45, 2.75) is 38.6 Å². The molecule has 0 saturated carbocycles. The Balaban J connectivity index is 2.21. The van der Waals surface area contributed by atoms with Crippen LogP contribution < -0.4 is 10.2 Å². The van der Waals surface area contributed by atoms with Crippen LogP contribution in [0.5, 0.6) is 0 Å². The molecule has 6 heteroatoms. The Kier molecular flexibility index (Phi) is 5.10. The summed E-state index contributed by atoms with van der Waals surface area (Å²) in [5.74, 6) is -1.33. The molecule has 0 aromatic heterocycles. The molecule has 0 unspecified atom stereocenters. The number of anilines is 1. The van der Waals surface area contributed by atoms with Crippen LogP contribution in [0.2, 0.25) is 0 Å². The molecule has 5 nitrogen and oxygen atoms in total. The molecule has 1 heterocycles. The van der Waals surface area contributed by atoms with E-state index in [9.17, 15) is 14.0 Å². The van der Waals surface area contributed by atoms with E-state index in [1.807, 2.05) is 13.0 Å². The zero-order valence-corrected chi connectivity index (χ0v) is 12.4. The molecule has 1 aliphatic heterocycles. The summed E-state index contributed by atoms with van der Waals surface area (Å²) in [6.07, 6.45) is 2.47. The SMILES string of the molecule is CCC[C@@H](C#N)NC(=O)c1cc(N2CCCC2=O)ccc1F. The first-order valence-electron chi connectivity index (χ1n) is 7.37. The topological polar surface area (TPSA) is 73.2 Å². The van der Waals surface area contributed by atoms with E-state index in [-0.39, 0.29) is 11.5 Å². The Hall–Kier alpha value is -2.42. The highest BCUT2D eigenvalue weighted by Gasteiger charge is 2.24. The van der Waals surface area contributed by atoms with Gasteiger partial charge in [-0.05, 0) is 31.0 Å². The number of amides is 2. The van der Waals surface area contributed by atoms with E-state index in [0.717, 1.165) is 12.8 Å². The average molecular weight is 303 g/mol. The fourth-order valence-electron chi connectivity index (χ4n) is 2.47. The Morgan fingerprint density at radius 3 is 2.91 bits per heavy atom. The molecular weight excluding hydrogens is 285 g/mol. The maximum Gasteiger partial charge on any atom is 0.255 e. The predicted octanol–water partition coefficient (Wildman–Crippen LogP) is 2.37. The summed E-state index contributed by atoms with van der Waals surface area (Å²) in [4.78, 5) is 25.4. The fourth-order valence-corrected chi connectivity index (χ4v) is 2.47. The van der Waals surface area contributed by atoms with E-state index < -0.39 is 17.8 Å². The first kappa shape index (κ1) is 16.0. The Morgan fingerprint density at radius 2 is 2.32 bits per heavy atom. The third kappa shape index (κ3) is 3.42. The number of nitrogens with zero attached hydrogens (tertiary/aromatic N) is 2. The molecule has 1 aliphatic rings. The maximum atomic E-state index is 13.9. The maximum absolute atomic E-state index is 13.9. The van der Waals surface area contributed by atoms with Crippen molar-refractivity contribution in [1.82, 2.24) is 5.32 Å². The number of nitrogens with one attached hydrogen (secondary N) is 1. The van der Waals surface area contributed by atoms with E-state index in [1.54, 1.807) is 4.90 Å². The molecule has 1 aromatic rings. The molecule has 0 spiro atoms. The van der Waals surface area contributed by atoms with Gasteiger partial charge in [-0.1, -0.05) is 13.3 Å². The van der Waals surface area contributed by atoms with E-state index in [0.29, 0.717) is 25.1 Å². The van der Waals surface area contributed by atoms with Crippen LogP contribution >= 0.6 is 0 Å². The molecule has 2 amide bonds. The van der Waals surface area contributed by atoms with Gasteiger partial charge in [0.25, 0.3) is 5.91 Å². The van der Waals surface area contributed by atoms with E-state index in [4.69, 9.17) is 5.26 Å². The molecule has 1 saturated heterocycles. The number of hydrogen-bond acceptors (Lipinski definition) is 3. The summed E-state index contributed by atoms with van der Waals surface area (Å²) in [5, 5.41) is 11.5. The smallest absolute Gasteiger partial charge is 0.255 e. The van der Waals surface area contributed by atoms with Gasteiger partial charge >= 0.3 is 0 Å². The van der Waals surface area contributed by atoms with Crippen LogP contribution in [0.25, 0.3) is 0 Å². The van der Waals surface area contributed by atoms with Gasteiger partial charge in [0, 0.05) is 18.7 Å². The first-order valence-corrected chi connectivity index (χ1v) is 7.37. The third-order valence-electron chi connectivity index (χ3n) is 3.62. The molecule has 1 fully saturated rings. The van der Waals surface area contributed by atoms with Gasteiger partial charge in [0.2, 0.25) is 5.91 Å². The van der Waals surface area contributed by atoms with Gasteiger partial charge in [-0.3, -0.25) is 9.59 Å². The number of carbonyl (C=O) groups is 2. The number of nitriles is 1. The molecule has 1 N–H and O–H groups in total. The van der Waals surface area contributed by atoms with E-state index in [2.05, 4.69) is 5.32 Å². The van der Waals surface area contributed by atoms with Crippen molar-refractivity contribution in [1.29, 1.82) is 5.26 Å². The molecular formula is C16H18FN3O2. The predicted molar refractivity (Wildman–Crippen MR) is 79.8 cm³/mol. The number of carbonyl (C=O) groups excluding carboxylic acids is 2. The fraction of sp³-hybridized carbons (Fsp3) is 0.438. The lowest BCUT2D eigenvalue weighted by atomic mass is 10.1. The molecule has 22 heavy (non-hydrogen) atoms. The highest BCUT2D eigenvalue weighted by atomic mass is 19.1. The minimum absolute atomic E-state index is 0.0288. The third-order valence-corrected chi connectivity index (χ3v) is 3.62. The van der Waals surface area contributed by atoms with E-state index >= 15 is 0 Å². The Bertz CT molecular complexity index is 624. The van der Waals surface area contributed by atoms with Crippen LogP contribution in [0.15, 0.2) is 18.2 Å². The highest BCUT2D eigenvalue weighted by molar-refractivity contribution is 5.99. The van der Waals surface area contributed by atoms with E-state index in [1.165, 1.54) is 18.2 Å². The molecule has 2 rings (SSSR count). The van der Waals surface area contributed by atoms with Crippen LogP contribution in [-0.4, -0.2) is 24.4 Å². The number of rotatable bonds is 5. The molecule has 1 aromatic carbocycles. The largest absolute Gasteiger partial charge is 0.336 e. The lowest BCUT2D eigenvalue weighted by Gasteiger charge is -2.17. The normalized spacial score (nSPS) is 15.5. The van der Waals surface area contributed by atoms with Crippen molar-refractivity contribution in [3.8, 4) is 6.07 Å². The summed E-state index contributed by atoms with van der Waals surface area (Å²) in [6.45, 7) is 2.47. The second kappa shape index (κ2) is 7.03. The number of benzene rings is 1. The Labute approximate surface area is 128 Å². The number of halogens is 1. The lowest BCUT2D eigenvalue weighted by Crippen LogP contribution is -2.34. The van der Waals surface area contributed by atoms with Crippen molar-refractivity contribution in [3.63, 3.8) is 0 Å².